The number of nitrogens with one attached hydrogen (secondary N) is 1. The zero-order valence-electron chi connectivity index (χ0n) is 13.4. The Hall–Kier alpha value is -2.35. The molecule has 0 atom stereocenters. The third-order valence-corrected chi connectivity index (χ3v) is 4.88. The summed E-state index contributed by atoms with van der Waals surface area (Å²) in [6, 6.07) is 11.4. The van der Waals surface area contributed by atoms with E-state index in [0.717, 1.165) is 0 Å². The third kappa shape index (κ3) is 4.24. The summed E-state index contributed by atoms with van der Waals surface area (Å²) in [5, 5.41) is 2.80. The molecule has 1 aliphatic heterocycles. The lowest BCUT2D eigenvalue weighted by molar-refractivity contribution is -0.115. The van der Waals surface area contributed by atoms with E-state index >= 15 is 0 Å². The molecule has 26 heavy (non-hydrogen) atoms. The van der Waals surface area contributed by atoms with Gasteiger partial charge in [-0.2, -0.15) is 0 Å². The molecular formula is C18H12ClNO4S2. The van der Waals surface area contributed by atoms with Gasteiger partial charge in [0.1, 0.15) is 15.8 Å². The topological polar surface area (TPSA) is 64.6 Å². The van der Waals surface area contributed by atoms with Crippen molar-refractivity contribution in [3.63, 3.8) is 0 Å². The Balaban J connectivity index is 1.75. The molecule has 1 N–H and O–H groups in total. The van der Waals surface area contributed by atoms with Gasteiger partial charge < -0.3 is 14.8 Å². The Morgan fingerprint density at radius 1 is 1.23 bits per heavy atom. The molecule has 0 aromatic heterocycles. The molecule has 1 amide bonds. The number of esters is 1. The molecular weight excluding hydrogens is 394 g/mol. The number of rotatable bonds is 4. The number of thioether (sulfide) groups is 1. The van der Waals surface area contributed by atoms with E-state index in [1.807, 2.05) is 0 Å². The quantitative estimate of drug-likeness (QED) is 0.358. The van der Waals surface area contributed by atoms with Gasteiger partial charge >= 0.3 is 5.97 Å². The highest BCUT2D eigenvalue weighted by molar-refractivity contribution is 8.26. The van der Waals surface area contributed by atoms with E-state index in [4.69, 9.17) is 33.3 Å². The smallest absolute Gasteiger partial charge is 0.343 e. The molecule has 0 unspecified atom stereocenters. The first-order valence-corrected chi connectivity index (χ1v) is 8.97. The largest absolute Gasteiger partial charge is 0.497 e. The van der Waals surface area contributed by atoms with Crippen LogP contribution in [0, 0.1) is 0 Å². The van der Waals surface area contributed by atoms with Gasteiger partial charge in [-0.05, 0) is 48.0 Å². The molecule has 8 heteroatoms. The fourth-order valence-corrected chi connectivity index (χ4v) is 3.42. The highest BCUT2D eigenvalue weighted by Gasteiger charge is 2.22. The lowest BCUT2D eigenvalue weighted by Gasteiger charge is -2.08. The van der Waals surface area contributed by atoms with Crippen molar-refractivity contribution in [1.82, 2.24) is 5.32 Å². The highest BCUT2D eigenvalue weighted by Crippen LogP contribution is 2.30. The molecule has 1 heterocycles. The Morgan fingerprint density at radius 3 is 2.54 bits per heavy atom. The summed E-state index contributed by atoms with van der Waals surface area (Å²) in [7, 11) is 1.55. The van der Waals surface area contributed by atoms with Gasteiger partial charge in [0.2, 0.25) is 0 Å². The second kappa shape index (κ2) is 7.90. The maximum atomic E-state index is 12.2. The number of hydrogen-bond acceptors (Lipinski definition) is 6. The van der Waals surface area contributed by atoms with E-state index in [0.29, 0.717) is 26.1 Å². The van der Waals surface area contributed by atoms with Crippen LogP contribution in [0.3, 0.4) is 0 Å². The molecule has 1 saturated heterocycles. The second-order valence-corrected chi connectivity index (χ2v) is 7.29. The summed E-state index contributed by atoms with van der Waals surface area (Å²) >= 11 is 12.3. The predicted molar refractivity (Wildman–Crippen MR) is 106 cm³/mol. The van der Waals surface area contributed by atoms with Gasteiger partial charge in [-0.25, -0.2) is 4.79 Å². The maximum absolute atomic E-state index is 12.2. The fraction of sp³-hybridized carbons (Fsp3) is 0.0556. The minimum Gasteiger partial charge on any atom is -0.497 e. The van der Waals surface area contributed by atoms with Crippen LogP contribution >= 0.6 is 35.6 Å². The first kappa shape index (κ1) is 18.4. The van der Waals surface area contributed by atoms with E-state index in [2.05, 4.69) is 5.32 Å². The lowest BCUT2D eigenvalue weighted by Crippen LogP contribution is -2.17. The average molecular weight is 406 g/mol. The molecule has 0 spiro atoms. The maximum Gasteiger partial charge on any atom is 0.343 e. The first-order valence-electron chi connectivity index (χ1n) is 7.37. The Morgan fingerprint density at radius 2 is 1.96 bits per heavy atom. The lowest BCUT2D eigenvalue weighted by atomic mass is 10.2. The van der Waals surface area contributed by atoms with Crippen molar-refractivity contribution in [3.05, 3.63) is 63.5 Å². The minimum atomic E-state index is -0.531. The number of amides is 1. The Labute approximate surface area is 164 Å². The van der Waals surface area contributed by atoms with Crippen LogP contribution in [0.5, 0.6) is 11.5 Å². The number of carbonyl (C=O) groups is 2. The van der Waals surface area contributed by atoms with Crippen LogP contribution in [0.4, 0.5) is 0 Å². The molecule has 1 fully saturated rings. The van der Waals surface area contributed by atoms with Gasteiger partial charge in [-0.1, -0.05) is 41.6 Å². The number of thiocarbonyl (C=S) groups is 1. The molecule has 0 radical (unpaired) electrons. The normalized spacial score (nSPS) is 15.1. The van der Waals surface area contributed by atoms with Crippen LogP contribution in [0.25, 0.3) is 6.08 Å². The van der Waals surface area contributed by atoms with Crippen molar-refractivity contribution in [3.8, 4) is 11.5 Å². The van der Waals surface area contributed by atoms with E-state index in [1.54, 1.807) is 55.7 Å². The summed E-state index contributed by atoms with van der Waals surface area (Å²) < 4.78 is 10.8. The summed E-state index contributed by atoms with van der Waals surface area (Å²) in [4.78, 5) is 24.4. The molecule has 0 saturated carbocycles. The fourth-order valence-electron chi connectivity index (χ4n) is 2.15. The van der Waals surface area contributed by atoms with Gasteiger partial charge in [0, 0.05) is 0 Å². The molecule has 132 valence electrons. The molecule has 1 aliphatic rings. The van der Waals surface area contributed by atoms with Crippen LogP contribution in [0.1, 0.15) is 15.9 Å². The van der Waals surface area contributed by atoms with E-state index < -0.39 is 5.97 Å². The van der Waals surface area contributed by atoms with Crippen molar-refractivity contribution in [2.45, 2.75) is 0 Å². The van der Waals surface area contributed by atoms with Crippen molar-refractivity contribution in [1.29, 1.82) is 0 Å². The van der Waals surface area contributed by atoms with E-state index in [1.165, 1.54) is 11.8 Å². The van der Waals surface area contributed by atoms with Gasteiger partial charge in [-0.15, -0.1) is 0 Å². The van der Waals surface area contributed by atoms with Gasteiger partial charge in [0.25, 0.3) is 5.91 Å². The van der Waals surface area contributed by atoms with Crippen molar-refractivity contribution >= 4 is 57.9 Å². The van der Waals surface area contributed by atoms with Crippen molar-refractivity contribution in [2.24, 2.45) is 0 Å². The first-order chi connectivity index (χ1) is 12.5. The Kier molecular flexibility index (Phi) is 5.61. The SMILES string of the molecule is COc1ccc(C(=O)Oc2ccc(/C=C3\SC(=S)NC3=O)cc2Cl)cc1. The predicted octanol–water partition coefficient (Wildman–Crippen LogP) is 4.06. The van der Waals surface area contributed by atoms with E-state index in [-0.39, 0.29) is 16.7 Å². The minimum absolute atomic E-state index is 0.230. The van der Waals surface area contributed by atoms with Crippen LogP contribution < -0.4 is 14.8 Å². The number of methoxy groups -OCH3 is 1. The highest BCUT2D eigenvalue weighted by atomic mass is 35.5. The standard InChI is InChI=1S/C18H12ClNO4S2/c1-23-12-5-3-11(4-6-12)17(22)24-14-7-2-10(8-13(14)19)9-15-16(21)20-18(25)26-15/h2-9H,1H3,(H,20,21,25)/b15-9-. The zero-order valence-corrected chi connectivity index (χ0v) is 15.8. The third-order valence-electron chi connectivity index (χ3n) is 3.42. The summed E-state index contributed by atoms with van der Waals surface area (Å²) in [6.07, 6.45) is 1.67. The van der Waals surface area contributed by atoms with Gasteiger partial charge in [0.05, 0.1) is 22.6 Å². The van der Waals surface area contributed by atoms with Crippen LogP contribution in [-0.4, -0.2) is 23.3 Å². The Bertz CT molecular complexity index is 925. The number of hydrogen-bond donors (Lipinski definition) is 1. The summed E-state index contributed by atoms with van der Waals surface area (Å²) in [5.74, 6) is 0.0989. The average Bonchev–Trinajstić information content (AvgIpc) is 2.94. The summed E-state index contributed by atoms with van der Waals surface area (Å²) in [5.41, 5.74) is 1.07. The molecule has 5 nitrogen and oxygen atoms in total. The molecule has 0 aliphatic carbocycles. The van der Waals surface area contributed by atoms with Gasteiger partial charge in [-0.3, -0.25) is 4.79 Å². The van der Waals surface area contributed by atoms with Crippen LogP contribution in [0.2, 0.25) is 5.02 Å². The number of carbonyl (C=O) groups excluding carboxylic acids is 2. The van der Waals surface area contributed by atoms with Crippen LogP contribution in [0.15, 0.2) is 47.4 Å². The second-order valence-electron chi connectivity index (χ2n) is 5.16. The molecule has 2 aromatic carbocycles. The number of halogens is 1. The number of benzene rings is 2. The summed E-state index contributed by atoms with van der Waals surface area (Å²) in [6.45, 7) is 0. The van der Waals surface area contributed by atoms with Crippen LogP contribution in [-0.2, 0) is 4.79 Å². The van der Waals surface area contributed by atoms with Crippen molar-refractivity contribution < 1.29 is 19.1 Å². The van der Waals surface area contributed by atoms with Gasteiger partial charge in [0.15, 0.2) is 0 Å². The molecule has 0 bridgehead atoms. The van der Waals surface area contributed by atoms with E-state index in [9.17, 15) is 9.59 Å². The molecule has 3 rings (SSSR count). The zero-order chi connectivity index (χ0) is 18.7. The molecule has 2 aromatic rings. The van der Waals surface area contributed by atoms with Crippen molar-refractivity contribution in [2.75, 3.05) is 7.11 Å². The monoisotopic (exact) mass is 405 g/mol. The number of ether oxygens (including phenoxy) is 2.